The highest BCUT2D eigenvalue weighted by molar-refractivity contribution is 6.32. The van der Waals surface area contributed by atoms with Crippen molar-refractivity contribution in [2.75, 3.05) is 60.1 Å². The lowest BCUT2D eigenvalue weighted by Gasteiger charge is -2.42. The van der Waals surface area contributed by atoms with Gasteiger partial charge in [0.25, 0.3) is 5.91 Å². The van der Waals surface area contributed by atoms with E-state index >= 15 is 0 Å². The molecule has 0 aliphatic carbocycles. The fourth-order valence-electron chi connectivity index (χ4n) is 5.78. The van der Waals surface area contributed by atoms with Crippen molar-refractivity contribution in [1.29, 1.82) is 0 Å². The molecular weight excluding hydrogens is 604 g/mol. The van der Waals surface area contributed by atoms with Gasteiger partial charge in [0.05, 0.1) is 28.9 Å². The van der Waals surface area contributed by atoms with E-state index in [1.807, 2.05) is 0 Å². The second kappa shape index (κ2) is 13.6. The van der Waals surface area contributed by atoms with Gasteiger partial charge in [-0.1, -0.05) is 17.7 Å². The molecule has 0 aromatic heterocycles. The topological polar surface area (TPSA) is 65.5 Å². The number of likely N-dealkylation sites (tertiary alicyclic amines) is 1. The zero-order valence-corrected chi connectivity index (χ0v) is 24.5. The molecule has 2 fully saturated rings. The first-order chi connectivity index (χ1) is 20.2. The van der Waals surface area contributed by atoms with Gasteiger partial charge >= 0.3 is 12.4 Å². The Morgan fingerprint density at radius 2 is 1.63 bits per heavy atom. The van der Waals surface area contributed by atoms with Gasteiger partial charge in [-0.15, -0.1) is 0 Å². The van der Waals surface area contributed by atoms with Gasteiger partial charge in [-0.2, -0.15) is 26.3 Å². The Kier molecular flexibility index (Phi) is 10.5. The maximum atomic E-state index is 13.6. The number of carbonyl (C=O) groups is 1. The Morgan fingerprint density at radius 3 is 2.21 bits per heavy atom. The van der Waals surface area contributed by atoms with E-state index in [1.54, 1.807) is 20.3 Å². The molecule has 1 N–H and O–H groups in total. The fourth-order valence-corrected chi connectivity index (χ4v) is 5.90. The zero-order valence-electron chi connectivity index (χ0n) is 23.7. The SMILES string of the molecule is COC[C@H]1C[C@@H](OC)CN1CCN1CCN(C(=O)c2cc(C(F)(F)F)cc(C(F)(F)F)c2)[C@H](Cc2ccc(Cl)c(O)c2)C1. The molecule has 238 valence electrons. The van der Waals surface area contributed by atoms with Crippen LogP contribution in [0.1, 0.15) is 33.5 Å². The number of halogens is 7. The van der Waals surface area contributed by atoms with Crippen LogP contribution in [0.3, 0.4) is 0 Å². The minimum Gasteiger partial charge on any atom is -0.506 e. The molecular formula is C29H34ClF6N3O4. The lowest BCUT2D eigenvalue weighted by molar-refractivity contribution is -0.143. The van der Waals surface area contributed by atoms with Gasteiger partial charge in [0.1, 0.15) is 5.75 Å². The van der Waals surface area contributed by atoms with Crippen LogP contribution in [-0.4, -0.2) is 104 Å². The van der Waals surface area contributed by atoms with Gasteiger partial charge in [-0.25, -0.2) is 0 Å². The maximum Gasteiger partial charge on any atom is 0.416 e. The number of carbonyl (C=O) groups excluding carboxylic acids is 1. The van der Waals surface area contributed by atoms with Gasteiger partial charge in [-0.3, -0.25) is 14.6 Å². The van der Waals surface area contributed by atoms with Crippen molar-refractivity contribution in [2.45, 2.75) is 43.4 Å². The molecule has 7 nitrogen and oxygen atoms in total. The summed E-state index contributed by atoms with van der Waals surface area (Å²) in [7, 11) is 3.30. The number of methoxy groups -OCH3 is 2. The summed E-state index contributed by atoms with van der Waals surface area (Å²) >= 11 is 5.94. The molecule has 0 saturated carbocycles. The van der Waals surface area contributed by atoms with E-state index < -0.39 is 41.0 Å². The number of hydrogen-bond donors (Lipinski definition) is 1. The number of phenols is 1. The molecule has 0 radical (unpaired) electrons. The minimum absolute atomic E-state index is 0.00598. The fraction of sp³-hybridized carbons (Fsp3) is 0.552. The standard InChI is InChI=1S/C29H34ClF6N3O4/c1-42-17-23-14-24(43-2)16-38(23)7-5-37-6-8-39(22(15-37)9-18-3-4-25(30)26(40)10-18)27(41)19-11-20(28(31,32)33)13-21(12-19)29(34,35)36/h3-4,10-13,22-24,40H,5-9,14-17H2,1-2H3/t22-,23-,24-/m1/s1. The van der Waals surface area contributed by atoms with Gasteiger partial charge in [0, 0.05) is 71.1 Å². The maximum absolute atomic E-state index is 13.6. The van der Waals surface area contributed by atoms with Crippen LogP contribution in [0.4, 0.5) is 26.3 Å². The van der Waals surface area contributed by atoms with Crippen LogP contribution in [0, 0.1) is 0 Å². The van der Waals surface area contributed by atoms with Gasteiger partial charge < -0.3 is 19.5 Å². The number of nitrogens with zero attached hydrogens (tertiary/aromatic N) is 3. The summed E-state index contributed by atoms with van der Waals surface area (Å²) in [4.78, 5) is 19.3. The molecule has 2 heterocycles. The highest BCUT2D eigenvalue weighted by Crippen LogP contribution is 2.37. The Balaban J connectivity index is 1.58. The molecule has 2 aliphatic rings. The second-order valence-electron chi connectivity index (χ2n) is 10.9. The van der Waals surface area contributed by atoms with Crippen LogP contribution < -0.4 is 0 Å². The van der Waals surface area contributed by atoms with Crippen molar-refractivity contribution in [1.82, 2.24) is 14.7 Å². The number of piperazine rings is 1. The summed E-state index contributed by atoms with van der Waals surface area (Å²) in [5.41, 5.74) is -3.18. The number of aromatic hydroxyl groups is 1. The zero-order chi connectivity index (χ0) is 31.5. The first-order valence-corrected chi connectivity index (χ1v) is 14.1. The Morgan fingerprint density at radius 1 is 0.953 bits per heavy atom. The lowest BCUT2D eigenvalue weighted by Crippen LogP contribution is -2.57. The van der Waals surface area contributed by atoms with E-state index in [4.69, 9.17) is 21.1 Å². The number of alkyl halides is 6. The summed E-state index contributed by atoms with van der Waals surface area (Å²) in [5, 5.41) is 10.2. The van der Waals surface area contributed by atoms with E-state index in [9.17, 15) is 36.2 Å². The number of amides is 1. The summed E-state index contributed by atoms with van der Waals surface area (Å²) in [6.45, 7) is 3.34. The number of benzene rings is 2. The highest BCUT2D eigenvalue weighted by atomic mass is 35.5. The summed E-state index contributed by atoms with van der Waals surface area (Å²) in [5.74, 6) is -1.11. The molecule has 4 rings (SSSR count). The van der Waals surface area contributed by atoms with Crippen molar-refractivity contribution in [3.05, 3.63) is 63.7 Å². The summed E-state index contributed by atoms with van der Waals surface area (Å²) in [6.07, 6.45) is -9.05. The molecule has 3 atom stereocenters. The number of ether oxygens (including phenoxy) is 2. The second-order valence-corrected chi connectivity index (χ2v) is 11.3. The van der Waals surface area contributed by atoms with Crippen LogP contribution >= 0.6 is 11.6 Å². The van der Waals surface area contributed by atoms with Gasteiger partial charge in [0.15, 0.2) is 0 Å². The van der Waals surface area contributed by atoms with Crippen molar-refractivity contribution < 1.29 is 45.7 Å². The van der Waals surface area contributed by atoms with Crippen LogP contribution in [0.5, 0.6) is 5.75 Å². The molecule has 43 heavy (non-hydrogen) atoms. The van der Waals surface area contributed by atoms with Gasteiger partial charge in [-0.05, 0) is 48.7 Å². The van der Waals surface area contributed by atoms with Gasteiger partial charge in [0.2, 0.25) is 0 Å². The van der Waals surface area contributed by atoms with Crippen molar-refractivity contribution in [3.63, 3.8) is 0 Å². The Hall–Kier alpha value is -2.58. The molecule has 2 aliphatic heterocycles. The number of hydrogen-bond acceptors (Lipinski definition) is 6. The predicted octanol–water partition coefficient (Wildman–Crippen LogP) is 5.19. The third-order valence-electron chi connectivity index (χ3n) is 8.03. The number of phenolic OH excluding ortho intramolecular Hbond substituents is 1. The molecule has 0 bridgehead atoms. The molecule has 2 aromatic rings. The molecule has 2 aromatic carbocycles. The molecule has 14 heteroatoms. The van der Waals surface area contributed by atoms with Crippen LogP contribution in [-0.2, 0) is 28.2 Å². The molecule has 0 spiro atoms. The smallest absolute Gasteiger partial charge is 0.416 e. The third-order valence-corrected chi connectivity index (χ3v) is 8.35. The van der Waals surface area contributed by atoms with Crippen molar-refractivity contribution in [3.8, 4) is 5.75 Å². The molecule has 2 saturated heterocycles. The summed E-state index contributed by atoms with van der Waals surface area (Å²) < 4.78 is 91.9. The van der Waals surface area contributed by atoms with E-state index in [-0.39, 0.29) is 41.9 Å². The van der Waals surface area contributed by atoms with Crippen molar-refractivity contribution >= 4 is 17.5 Å². The quantitative estimate of drug-likeness (QED) is 0.382. The minimum atomic E-state index is -5.08. The normalized spacial score (nSPS) is 22.3. The predicted molar refractivity (Wildman–Crippen MR) is 147 cm³/mol. The van der Waals surface area contributed by atoms with Crippen molar-refractivity contribution in [2.24, 2.45) is 0 Å². The van der Waals surface area contributed by atoms with E-state index in [2.05, 4.69) is 9.80 Å². The first kappa shape index (κ1) is 33.3. The van der Waals surface area contributed by atoms with E-state index in [1.165, 1.54) is 17.0 Å². The van der Waals surface area contributed by atoms with Crippen LogP contribution in [0.15, 0.2) is 36.4 Å². The average molecular weight is 638 g/mol. The monoisotopic (exact) mass is 637 g/mol. The third kappa shape index (κ3) is 8.33. The number of rotatable bonds is 9. The largest absolute Gasteiger partial charge is 0.506 e. The highest BCUT2D eigenvalue weighted by Gasteiger charge is 2.39. The van der Waals surface area contributed by atoms with Crippen LogP contribution in [0.2, 0.25) is 5.02 Å². The van der Waals surface area contributed by atoms with E-state index in [0.717, 1.165) is 13.0 Å². The molecule has 0 unspecified atom stereocenters. The Bertz CT molecular complexity index is 1250. The summed E-state index contributed by atoms with van der Waals surface area (Å²) in [6, 6.07) is 5.07. The molecule has 1 amide bonds. The Labute approximate surface area is 250 Å². The van der Waals surface area contributed by atoms with E-state index in [0.29, 0.717) is 50.5 Å². The average Bonchev–Trinajstić information content (AvgIpc) is 3.34. The lowest BCUT2D eigenvalue weighted by atomic mass is 9.99. The van der Waals surface area contributed by atoms with Crippen LogP contribution in [0.25, 0.3) is 0 Å². The first-order valence-electron chi connectivity index (χ1n) is 13.8.